The molecule has 1 amide bonds. The van der Waals surface area contributed by atoms with Crippen LogP contribution in [0.4, 0.5) is 10.1 Å². The van der Waals surface area contributed by atoms with Gasteiger partial charge in [0.25, 0.3) is 0 Å². The molecule has 0 radical (unpaired) electrons. The first-order chi connectivity index (χ1) is 12.0. The highest BCUT2D eigenvalue weighted by atomic mass is 35.5. The van der Waals surface area contributed by atoms with Crippen LogP contribution in [0.1, 0.15) is 17.9 Å². The number of nitrogens with one attached hydrogen (secondary N) is 1. The molecule has 0 saturated heterocycles. The lowest BCUT2D eigenvalue weighted by Gasteiger charge is -2.06. The number of amides is 1. The molecular formula is C18H15ClFN3O2. The van der Waals surface area contributed by atoms with Crippen LogP contribution in [0.5, 0.6) is 0 Å². The summed E-state index contributed by atoms with van der Waals surface area (Å²) in [5, 5.41) is 6.34. The second-order valence-corrected chi connectivity index (χ2v) is 5.93. The largest absolute Gasteiger partial charge is 0.339 e. The molecule has 0 aliphatic rings. The molecule has 1 N–H and O–H groups in total. The van der Waals surface area contributed by atoms with Crippen molar-refractivity contribution in [1.82, 2.24) is 10.1 Å². The molecule has 0 saturated carbocycles. The molecule has 0 unspecified atom stereocenters. The van der Waals surface area contributed by atoms with Crippen molar-refractivity contribution in [2.75, 3.05) is 5.32 Å². The molecule has 0 aliphatic carbocycles. The number of aromatic nitrogens is 2. The topological polar surface area (TPSA) is 68.0 Å². The van der Waals surface area contributed by atoms with E-state index in [-0.39, 0.29) is 29.5 Å². The number of nitrogens with zero attached hydrogens (tertiary/aromatic N) is 2. The minimum absolute atomic E-state index is 0.0440. The van der Waals surface area contributed by atoms with Gasteiger partial charge in [-0.1, -0.05) is 52.7 Å². The average molecular weight is 360 g/mol. The molecule has 5 nitrogen and oxygen atoms in total. The highest BCUT2D eigenvalue weighted by Crippen LogP contribution is 2.22. The predicted molar refractivity (Wildman–Crippen MR) is 92.8 cm³/mol. The van der Waals surface area contributed by atoms with E-state index in [2.05, 4.69) is 15.5 Å². The molecule has 128 valence electrons. The number of anilines is 1. The molecule has 25 heavy (non-hydrogen) atoms. The number of carbonyl (C=O) groups is 1. The Morgan fingerprint density at radius 2 is 2.00 bits per heavy atom. The molecule has 0 aliphatic heterocycles. The summed E-state index contributed by atoms with van der Waals surface area (Å²) < 4.78 is 18.9. The van der Waals surface area contributed by atoms with Crippen molar-refractivity contribution in [3.8, 4) is 11.4 Å². The van der Waals surface area contributed by atoms with E-state index < -0.39 is 5.82 Å². The lowest BCUT2D eigenvalue weighted by molar-refractivity contribution is -0.116. The van der Waals surface area contributed by atoms with Gasteiger partial charge in [0.05, 0.1) is 10.7 Å². The third kappa shape index (κ3) is 4.22. The van der Waals surface area contributed by atoms with Crippen molar-refractivity contribution >= 4 is 23.2 Å². The minimum Gasteiger partial charge on any atom is -0.339 e. The first-order valence-corrected chi connectivity index (χ1v) is 8.04. The SMILES string of the molecule is Cc1ccc(-c2noc(CCC(=O)Nc3cccc(Cl)c3F)n2)cc1. The van der Waals surface area contributed by atoms with Gasteiger partial charge in [0.15, 0.2) is 5.82 Å². The van der Waals surface area contributed by atoms with Gasteiger partial charge in [-0.3, -0.25) is 4.79 Å². The summed E-state index contributed by atoms with van der Waals surface area (Å²) >= 11 is 5.68. The van der Waals surface area contributed by atoms with Crippen LogP contribution >= 0.6 is 11.6 Å². The van der Waals surface area contributed by atoms with Crippen molar-refractivity contribution in [1.29, 1.82) is 0 Å². The summed E-state index contributed by atoms with van der Waals surface area (Å²) in [6.45, 7) is 1.99. The van der Waals surface area contributed by atoms with Crippen LogP contribution in [-0.4, -0.2) is 16.0 Å². The zero-order valence-electron chi connectivity index (χ0n) is 13.4. The van der Waals surface area contributed by atoms with Gasteiger partial charge in [0, 0.05) is 18.4 Å². The quantitative estimate of drug-likeness (QED) is 0.732. The molecule has 3 rings (SSSR count). The lowest BCUT2D eigenvalue weighted by atomic mass is 10.1. The third-order valence-corrected chi connectivity index (χ3v) is 3.86. The fraction of sp³-hybridized carbons (Fsp3) is 0.167. The van der Waals surface area contributed by atoms with Crippen LogP contribution in [0.15, 0.2) is 47.0 Å². The molecule has 3 aromatic rings. The molecule has 1 heterocycles. The van der Waals surface area contributed by atoms with Crippen LogP contribution in [0, 0.1) is 12.7 Å². The molecule has 0 fully saturated rings. The fourth-order valence-electron chi connectivity index (χ4n) is 2.21. The van der Waals surface area contributed by atoms with Gasteiger partial charge in [-0.2, -0.15) is 4.98 Å². The van der Waals surface area contributed by atoms with E-state index in [1.54, 1.807) is 6.07 Å². The number of aryl methyl sites for hydroxylation is 2. The number of carbonyl (C=O) groups excluding carboxylic acids is 1. The van der Waals surface area contributed by atoms with Crippen LogP contribution in [-0.2, 0) is 11.2 Å². The second kappa shape index (κ2) is 7.44. The van der Waals surface area contributed by atoms with Crippen LogP contribution < -0.4 is 5.32 Å². The van der Waals surface area contributed by atoms with Crippen LogP contribution in [0.25, 0.3) is 11.4 Å². The van der Waals surface area contributed by atoms with Crippen molar-refractivity contribution in [2.24, 2.45) is 0 Å². The molecule has 1 aromatic heterocycles. The van der Waals surface area contributed by atoms with Crippen molar-refractivity contribution in [3.05, 3.63) is 64.8 Å². The lowest BCUT2D eigenvalue weighted by Crippen LogP contribution is -2.13. The number of hydrogen-bond acceptors (Lipinski definition) is 4. The summed E-state index contributed by atoms with van der Waals surface area (Å²) in [5.74, 6) is -0.207. The molecule has 7 heteroatoms. The van der Waals surface area contributed by atoms with Gasteiger partial charge in [-0.25, -0.2) is 4.39 Å². The minimum atomic E-state index is -0.656. The van der Waals surface area contributed by atoms with Gasteiger partial charge >= 0.3 is 0 Å². The summed E-state index contributed by atoms with van der Waals surface area (Å²) in [6.07, 6.45) is 0.342. The average Bonchev–Trinajstić information content (AvgIpc) is 3.07. The smallest absolute Gasteiger partial charge is 0.227 e. The molecule has 0 spiro atoms. The van der Waals surface area contributed by atoms with Crippen molar-refractivity contribution in [2.45, 2.75) is 19.8 Å². The number of halogens is 2. The van der Waals surface area contributed by atoms with E-state index in [4.69, 9.17) is 16.1 Å². The number of rotatable bonds is 5. The molecule has 2 aromatic carbocycles. The Labute approximate surface area is 148 Å². The monoisotopic (exact) mass is 359 g/mol. The van der Waals surface area contributed by atoms with Gasteiger partial charge < -0.3 is 9.84 Å². The first kappa shape index (κ1) is 17.1. The molecule has 0 atom stereocenters. The van der Waals surface area contributed by atoms with E-state index >= 15 is 0 Å². The zero-order valence-corrected chi connectivity index (χ0v) is 14.2. The summed E-state index contributed by atoms with van der Waals surface area (Å²) in [6, 6.07) is 12.1. The van der Waals surface area contributed by atoms with E-state index in [1.165, 1.54) is 12.1 Å². The number of hydrogen-bond donors (Lipinski definition) is 1. The number of benzene rings is 2. The van der Waals surface area contributed by atoms with Gasteiger partial charge in [-0.05, 0) is 19.1 Å². The first-order valence-electron chi connectivity index (χ1n) is 7.66. The Hall–Kier alpha value is -2.73. The summed E-state index contributed by atoms with van der Waals surface area (Å²) in [7, 11) is 0. The van der Waals surface area contributed by atoms with Crippen LogP contribution in [0.2, 0.25) is 5.02 Å². The Morgan fingerprint density at radius 3 is 2.76 bits per heavy atom. The maximum absolute atomic E-state index is 13.8. The Bertz CT molecular complexity index is 894. The van der Waals surface area contributed by atoms with Crippen LogP contribution in [0.3, 0.4) is 0 Å². The van der Waals surface area contributed by atoms with Gasteiger partial charge in [0.2, 0.25) is 17.6 Å². The Morgan fingerprint density at radius 1 is 1.24 bits per heavy atom. The Kier molecular flexibility index (Phi) is 5.09. The highest BCUT2D eigenvalue weighted by Gasteiger charge is 2.13. The molecular weight excluding hydrogens is 345 g/mol. The van der Waals surface area contributed by atoms with Gasteiger partial charge in [-0.15, -0.1) is 0 Å². The predicted octanol–water partition coefficient (Wildman–Crippen LogP) is 4.41. The van der Waals surface area contributed by atoms with Crippen molar-refractivity contribution < 1.29 is 13.7 Å². The fourth-order valence-corrected chi connectivity index (χ4v) is 2.38. The maximum Gasteiger partial charge on any atom is 0.227 e. The second-order valence-electron chi connectivity index (χ2n) is 5.53. The third-order valence-electron chi connectivity index (χ3n) is 3.57. The van der Waals surface area contributed by atoms with E-state index in [0.717, 1.165) is 11.1 Å². The molecule has 0 bridgehead atoms. The standard InChI is InChI=1S/C18H15ClFN3O2/c1-11-5-7-12(8-6-11)18-22-16(25-23-18)10-9-15(24)21-14-4-2-3-13(19)17(14)20/h2-8H,9-10H2,1H3,(H,21,24). The summed E-state index contributed by atoms with van der Waals surface area (Å²) in [5.41, 5.74) is 2.02. The van der Waals surface area contributed by atoms with Crippen molar-refractivity contribution in [3.63, 3.8) is 0 Å². The maximum atomic E-state index is 13.8. The Balaban J connectivity index is 1.59. The highest BCUT2D eigenvalue weighted by molar-refractivity contribution is 6.31. The van der Waals surface area contributed by atoms with E-state index in [0.29, 0.717) is 11.7 Å². The zero-order chi connectivity index (χ0) is 17.8. The van der Waals surface area contributed by atoms with E-state index in [1.807, 2.05) is 31.2 Å². The summed E-state index contributed by atoms with van der Waals surface area (Å²) in [4.78, 5) is 16.2. The van der Waals surface area contributed by atoms with Gasteiger partial charge in [0.1, 0.15) is 0 Å². The van der Waals surface area contributed by atoms with E-state index in [9.17, 15) is 9.18 Å². The normalized spacial score (nSPS) is 10.7.